The van der Waals surface area contributed by atoms with Crippen molar-refractivity contribution in [3.05, 3.63) is 24.0 Å². The minimum atomic E-state index is 0.783. The normalized spacial score (nSPS) is 21.6. The zero-order valence-electron chi connectivity index (χ0n) is 8.46. The van der Waals surface area contributed by atoms with Crippen LogP contribution in [0, 0.1) is 5.92 Å². The molecule has 3 heteroatoms. The van der Waals surface area contributed by atoms with Gasteiger partial charge in [0.2, 0.25) is 0 Å². The average Bonchev–Trinajstić information content (AvgIpc) is 2.86. The molecule has 1 aliphatic rings. The Hall–Kier alpha value is -0.800. The highest BCUT2D eigenvalue weighted by Crippen LogP contribution is 2.15. The Balaban J connectivity index is 1.55. The van der Waals surface area contributed by atoms with Crippen molar-refractivity contribution in [2.24, 2.45) is 5.92 Å². The van der Waals surface area contributed by atoms with Gasteiger partial charge in [-0.15, -0.1) is 0 Å². The van der Waals surface area contributed by atoms with Crippen LogP contribution in [-0.4, -0.2) is 24.7 Å². The maximum atomic E-state index is 5.33. The molecule has 14 heavy (non-hydrogen) atoms. The van der Waals surface area contributed by atoms with Crippen LogP contribution in [0.25, 0.3) is 0 Å². The number of ether oxygens (including phenoxy) is 1. The zero-order valence-corrected chi connectivity index (χ0v) is 8.46. The molecule has 1 aromatic heterocycles. The highest BCUT2D eigenvalue weighted by Gasteiger charge is 2.14. The molecule has 0 aliphatic carbocycles. The fourth-order valence-electron chi connectivity index (χ4n) is 1.82. The first kappa shape index (κ1) is 9.74. The molecule has 2 rings (SSSR count). The van der Waals surface area contributed by atoms with Gasteiger partial charge in [-0.25, -0.2) is 0 Å². The van der Waals surface area contributed by atoms with E-state index in [0.29, 0.717) is 0 Å². The molecule has 0 aromatic carbocycles. The third-order valence-electron chi connectivity index (χ3n) is 2.73. The van der Waals surface area contributed by atoms with Crippen molar-refractivity contribution in [2.45, 2.75) is 19.4 Å². The Labute approximate surface area is 84.9 Å². The van der Waals surface area contributed by atoms with Gasteiger partial charge in [-0.3, -0.25) is 0 Å². The quantitative estimate of drug-likeness (QED) is 0.697. The Morgan fingerprint density at radius 1 is 1.57 bits per heavy atom. The van der Waals surface area contributed by atoms with Gasteiger partial charge >= 0.3 is 0 Å². The van der Waals surface area contributed by atoms with Gasteiger partial charge in [0, 0.05) is 31.6 Å². The van der Waals surface area contributed by atoms with Crippen molar-refractivity contribution >= 4 is 0 Å². The molecule has 0 radical (unpaired) electrons. The summed E-state index contributed by atoms with van der Waals surface area (Å²) in [5.74, 6) is 0.783. The van der Waals surface area contributed by atoms with Crippen LogP contribution < -0.4 is 5.32 Å². The Kier molecular flexibility index (Phi) is 3.60. The second kappa shape index (κ2) is 5.17. The molecular weight excluding hydrogens is 176 g/mol. The van der Waals surface area contributed by atoms with Crippen LogP contribution in [-0.2, 0) is 11.3 Å². The van der Waals surface area contributed by atoms with Crippen LogP contribution >= 0.6 is 0 Å². The van der Waals surface area contributed by atoms with Gasteiger partial charge in [-0.1, -0.05) is 0 Å². The summed E-state index contributed by atoms with van der Waals surface area (Å²) in [6.07, 6.45) is 4.44. The van der Waals surface area contributed by atoms with Crippen molar-refractivity contribution < 1.29 is 4.74 Å². The van der Waals surface area contributed by atoms with E-state index in [9.17, 15) is 0 Å². The summed E-state index contributed by atoms with van der Waals surface area (Å²) in [5, 5.41) is 3.43. The number of hydrogen-bond donors (Lipinski definition) is 2. The van der Waals surface area contributed by atoms with Crippen LogP contribution in [0.2, 0.25) is 0 Å². The molecule has 1 unspecified atom stereocenters. The average molecular weight is 194 g/mol. The molecule has 0 saturated carbocycles. The third kappa shape index (κ3) is 2.86. The lowest BCUT2D eigenvalue weighted by molar-refractivity contribution is 0.184. The second-order valence-corrected chi connectivity index (χ2v) is 3.89. The minimum absolute atomic E-state index is 0.783. The topological polar surface area (TPSA) is 37.0 Å². The third-order valence-corrected chi connectivity index (χ3v) is 2.73. The number of H-pyrrole nitrogens is 1. The van der Waals surface area contributed by atoms with E-state index in [0.717, 1.165) is 32.2 Å². The molecule has 0 bridgehead atoms. The maximum absolute atomic E-state index is 5.33. The monoisotopic (exact) mass is 194 g/mol. The lowest BCUT2D eigenvalue weighted by Crippen LogP contribution is -2.18. The van der Waals surface area contributed by atoms with E-state index in [-0.39, 0.29) is 0 Å². The van der Waals surface area contributed by atoms with Gasteiger partial charge < -0.3 is 15.0 Å². The van der Waals surface area contributed by atoms with Gasteiger partial charge in [-0.05, 0) is 37.4 Å². The van der Waals surface area contributed by atoms with Crippen molar-refractivity contribution in [3.8, 4) is 0 Å². The molecular formula is C11H18N2O. The second-order valence-electron chi connectivity index (χ2n) is 3.89. The number of hydrogen-bond acceptors (Lipinski definition) is 2. The molecule has 3 nitrogen and oxygen atoms in total. The summed E-state index contributed by atoms with van der Waals surface area (Å²) in [6, 6.07) is 4.13. The lowest BCUT2D eigenvalue weighted by Gasteiger charge is -2.07. The van der Waals surface area contributed by atoms with E-state index in [1.165, 1.54) is 18.5 Å². The minimum Gasteiger partial charge on any atom is -0.381 e. The molecule has 1 atom stereocenters. The Bertz CT molecular complexity index is 240. The summed E-state index contributed by atoms with van der Waals surface area (Å²) in [7, 11) is 0. The van der Waals surface area contributed by atoms with Crippen molar-refractivity contribution in [1.82, 2.24) is 10.3 Å². The maximum Gasteiger partial charge on any atom is 0.0495 e. The first-order valence-electron chi connectivity index (χ1n) is 5.36. The summed E-state index contributed by atoms with van der Waals surface area (Å²) in [4.78, 5) is 3.18. The number of aromatic nitrogens is 1. The van der Waals surface area contributed by atoms with Gasteiger partial charge in [0.15, 0.2) is 0 Å². The number of nitrogens with one attached hydrogen (secondary N) is 2. The first-order chi connectivity index (χ1) is 6.95. The Morgan fingerprint density at radius 3 is 3.29 bits per heavy atom. The van der Waals surface area contributed by atoms with Gasteiger partial charge in [0.05, 0.1) is 0 Å². The van der Waals surface area contributed by atoms with Crippen molar-refractivity contribution in [1.29, 1.82) is 0 Å². The van der Waals surface area contributed by atoms with Gasteiger partial charge in [0.1, 0.15) is 0 Å². The summed E-state index contributed by atoms with van der Waals surface area (Å²) >= 11 is 0. The molecule has 0 amide bonds. The van der Waals surface area contributed by atoms with E-state index in [2.05, 4.69) is 16.4 Å². The van der Waals surface area contributed by atoms with Crippen LogP contribution in [0.15, 0.2) is 18.3 Å². The number of rotatable bonds is 5. The van der Waals surface area contributed by atoms with Gasteiger partial charge in [-0.2, -0.15) is 0 Å². The molecule has 1 saturated heterocycles. The fourth-order valence-corrected chi connectivity index (χ4v) is 1.82. The summed E-state index contributed by atoms with van der Waals surface area (Å²) < 4.78 is 5.33. The SMILES string of the molecule is c1c[nH]c(CNCCC2CCOC2)c1. The number of aromatic amines is 1. The van der Waals surface area contributed by atoms with E-state index in [1.807, 2.05) is 12.3 Å². The highest BCUT2D eigenvalue weighted by atomic mass is 16.5. The Morgan fingerprint density at radius 2 is 2.57 bits per heavy atom. The van der Waals surface area contributed by atoms with E-state index < -0.39 is 0 Å². The molecule has 2 N–H and O–H groups in total. The van der Waals surface area contributed by atoms with Gasteiger partial charge in [0.25, 0.3) is 0 Å². The van der Waals surface area contributed by atoms with Crippen molar-refractivity contribution in [2.75, 3.05) is 19.8 Å². The molecule has 1 aliphatic heterocycles. The molecule has 2 heterocycles. The summed E-state index contributed by atoms with van der Waals surface area (Å²) in [6.45, 7) is 3.96. The molecule has 1 aromatic rings. The summed E-state index contributed by atoms with van der Waals surface area (Å²) in [5.41, 5.74) is 1.26. The van der Waals surface area contributed by atoms with Crippen LogP contribution in [0.3, 0.4) is 0 Å². The lowest BCUT2D eigenvalue weighted by atomic mass is 10.1. The van der Waals surface area contributed by atoms with Crippen molar-refractivity contribution in [3.63, 3.8) is 0 Å². The molecule has 78 valence electrons. The predicted octanol–water partition coefficient (Wildman–Crippen LogP) is 1.53. The highest BCUT2D eigenvalue weighted by molar-refractivity contribution is 5.02. The molecule has 0 spiro atoms. The van der Waals surface area contributed by atoms with E-state index in [4.69, 9.17) is 4.74 Å². The largest absolute Gasteiger partial charge is 0.381 e. The zero-order chi connectivity index (χ0) is 9.64. The van der Waals surface area contributed by atoms with E-state index >= 15 is 0 Å². The van der Waals surface area contributed by atoms with Crippen LogP contribution in [0.4, 0.5) is 0 Å². The van der Waals surface area contributed by atoms with E-state index in [1.54, 1.807) is 0 Å². The van der Waals surface area contributed by atoms with Crippen LogP contribution in [0.1, 0.15) is 18.5 Å². The van der Waals surface area contributed by atoms with Crippen LogP contribution in [0.5, 0.6) is 0 Å². The standard InChI is InChI=1S/C11H18N2O/c1-2-11(13-5-1)8-12-6-3-10-4-7-14-9-10/h1-2,5,10,12-13H,3-4,6-9H2. The first-order valence-corrected chi connectivity index (χ1v) is 5.36. The molecule has 1 fully saturated rings. The fraction of sp³-hybridized carbons (Fsp3) is 0.636. The predicted molar refractivity (Wildman–Crippen MR) is 56.0 cm³/mol. The smallest absolute Gasteiger partial charge is 0.0495 e.